The predicted molar refractivity (Wildman–Crippen MR) is 79.1 cm³/mol. The summed E-state index contributed by atoms with van der Waals surface area (Å²) in [5.74, 6) is 0.00124. The summed E-state index contributed by atoms with van der Waals surface area (Å²) in [6.07, 6.45) is 0. The summed E-state index contributed by atoms with van der Waals surface area (Å²) >= 11 is 10.8. The van der Waals surface area contributed by atoms with Gasteiger partial charge in [0.05, 0.1) is 6.54 Å². The molecule has 0 atom stereocenters. The molecule has 1 aromatic rings. The maximum absolute atomic E-state index is 11.7. The number of nitrogens with two attached hydrogens (primary N) is 1. The number of hydrogen-bond acceptors (Lipinski definition) is 3. The lowest BCUT2D eigenvalue weighted by molar-refractivity contribution is -0.127. The summed E-state index contributed by atoms with van der Waals surface area (Å²) in [6.45, 7) is 2.78. The fraction of sp³-hybridized carbons (Fsp3) is 0.333. The fourth-order valence-electron chi connectivity index (χ4n) is 1.36. The number of carbonyl (C=O) groups is 1. The van der Waals surface area contributed by atoms with Crippen molar-refractivity contribution in [2.45, 2.75) is 6.92 Å². The number of carbonyl (C=O) groups excluding carboxylic acids is 1. The van der Waals surface area contributed by atoms with Crippen LogP contribution in [-0.4, -0.2) is 35.9 Å². The molecule has 0 spiro atoms. The molecule has 0 aliphatic heterocycles. The van der Waals surface area contributed by atoms with Gasteiger partial charge in [-0.15, -0.1) is 0 Å². The summed E-state index contributed by atoms with van der Waals surface area (Å²) in [7, 11) is 1.75. The van der Waals surface area contributed by atoms with E-state index in [2.05, 4.69) is 5.32 Å². The van der Waals surface area contributed by atoms with E-state index in [0.29, 0.717) is 22.8 Å². The van der Waals surface area contributed by atoms with Crippen molar-refractivity contribution in [2.75, 3.05) is 25.5 Å². The van der Waals surface area contributed by atoms with Crippen LogP contribution < -0.4 is 11.1 Å². The number of amides is 1. The molecule has 18 heavy (non-hydrogen) atoms. The first-order valence-corrected chi connectivity index (χ1v) is 6.31. The number of rotatable bonds is 5. The minimum Gasteiger partial charge on any atom is -0.389 e. The maximum atomic E-state index is 11.7. The van der Waals surface area contributed by atoms with E-state index >= 15 is 0 Å². The Kier molecular flexibility index (Phi) is 5.37. The zero-order chi connectivity index (χ0) is 13.7. The van der Waals surface area contributed by atoms with Crippen molar-refractivity contribution < 1.29 is 4.79 Å². The second kappa shape index (κ2) is 6.56. The molecule has 1 rings (SSSR count). The highest BCUT2D eigenvalue weighted by Crippen LogP contribution is 2.20. The summed E-state index contributed by atoms with van der Waals surface area (Å²) in [5, 5.41) is 3.58. The molecule has 0 radical (unpaired) electrons. The van der Waals surface area contributed by atoms with Gasteiger partial charge in [-0.2, -0.15) is 0 Å². The minimum atomic E-state index is 0.00124. The van der Waals surface area contributed by atoms with E-state index in [1.165, 1.54) is 0 Å². The number of likely N-dealkylation sites (N-methyl/N-ethyl adjacent to an activating group) is 1. The van der Waals surface area contributed by atoms with Crippen molar-refractivity contribution in [3.05, 3.63) is 28.8 Å². The molecule has 0 saturated heterocycles. The Morgan fingerprint density at radius 1 is 1.56 bits per heavy atom. The molecule has 0 aliphatic carbocycles. The molecular formula is C12H16ClN3OS. The van der Waals surface area contributed by atoms with Crippen molar-refractivity contribution in [1.29, 1.82) is 0 Å². The van der Waals surface area contributed by atoms with Crippen LogP contribution in [0, 0.1) is 0 Å². The number of halogens is 1. The molecule has 0 aromatic heterocycles. The van der Waals surface area contributed by atoms with Gasteiger partial charge in [0.15, 0.2) is 0 Å². The Morgan fingerprint density at radius 2 is 2.22 bits per heavy atom. The van der Waals surface area contributed by atoms with E-state index in [-0.39, 0.29) is 17.4 Å². The first-order valence-electron chi connectivity index (χ1n) is 5.53. The van der Waals surface area contributed by atoms with Gasteiger partial charge in [-0.05, 0) is 25.1 Å². The summed E-state index contributed by atoms with van der Waals surface area (Å²) < 4.78 is 0. The number of nitrogens with one attached hydrogen (secondary N) is 1. The molecule has 6 heteroatoms. The average Bonchev–Trinajstić information content (AvgIpc) is 2.35. The first kappa shape index (κ1) is 14.7. The molecule has 0 unspecified atom stereocenters. The molecule has 0 bridgehead atoms. The molecule has 1 amide bonds. The molecule has 0 fully saturated rings. The third kappa shape index (κ3) is 3.85. The van der Waals surface area contributed by atoms with Crippen LogP contribution in [0.4, 0.5) is 5.69 Å². The van der Waals surface area contributed by atoms with Crippen molar-refractivity contribution >= 4 is 40.4 Å². The van der Waals surface area contributed by atoms with Crippen molar-refractivity contribution in [3.8, 4) is 0 Å². The van der Waals surface area contributed by atoms with Crippen LogP contribution in [0.2, 0.25) is 5.02 Å². The van der Waals surface area contributed by atoms with Crippen LogP contribution in [-0.2, 0) is 4.79 Å². The Balaban J connectivity index is 2.79. The summed E-state index contributed by atoms with van der Waals surface area (Å²) in [5.41, 5.74) is 6.97. The number of benzene rings is 1. The van der Waals surface area contributed by atoms with Gasteiger partial charge in [-0.3, -0.25) is 4.79 Å². The lowest BCUT2D eigenvalue weighted by Gasteiger charge is -2.16. The maximum Gasteiger partial charge on any atom is 0.241 e. The Labute approximate surface area is 117 Å². The molecule has 0 saturated carbocycles. The van der Waals surface area contributed by atoms with Gasteiger partial charge >= 0.3 is 0 Å². The van der Waals surface area contributed by atoms with E-state index in [0.717, 1.165) is 0 Å². The van der Waals surface area contributed by atoms with E-state index in [1.807, 2.05) is 6.92 Å². The fourth-order valence-corrected chi connectivity index (χ4v) is 1.70. The van der Waals surface area contributed by atoms with Crippen molar-refractivity contribution in [2.24, 2.45) is 5.73 Å². The van der Waals surface area contributed by atoms with Gasteiger partial charge in [-0.25, -0.2) is 0 Å². The highest BCUT2D eigenvalue weighted by atomic mass is 35.5. The van der Waals surface area contributed by atoms with Crippen LogP contribution in [0.15, 0.2) is 18.2 Å². The monoisotopic (exact) mass is 285 g/mol. The van der Waals surface area contributed by atoms with Crippen LogP contribution in [0.1, 0.15) is 12.5 Å². The standard InChI is InChI=1S/C12H16ClN3OS/c1-3-16(2)11(17)7-15-10-5-4-8(13)6-9(10)12(14)18/h4-6,15H,3,7H2,1-2H3,(H2,14,18). The molecule has 98 valence electrons. The molecule has 4 nitrogen and oxygen atoms in total. The highest BCUT2D eigenvalue weighted by Gasteiger charge is 2.09. The van der Waals surface area contributed by atoms with Gasteiger partial charge in [0.1, 0.15) is 4.99 Å². The normalized spacial score (nSPS) is 9.94. The van der Waals surface area contributed by atoms with Gasteiger partial charge in [-0.1, -0.05) is 23.8 Å². The quantitative estimate of drug-likeness (QED) is 0.811. The topological polar surface area (TPSA) is 58.4 Å². The second-order valence-electron chi connectivity index (χ2n) is 3.82. The number of hydrogen-bond donors (Lipinski definition) is 2. The summed E-state index contributed by atoms with van der Waals surface area (Å²) in [4.78, 5) is 13.5. The Morgan fingerprint density at radius 3 is 2.78 bits per heavy atom. The van der Waals surface area contributed by atoms with E-state index < -0.39 is 0 Å². The molecule has 3 N–H and O–H groups in total. The van der Waals surface area contributed by atoms with Crippen LogP contribution in [0.3, 0.4) is 0 Å². The lowest BCUT2D eigenvalue weighted by Crippen LogP contribution is -2.32. The van der Waals surface area contributed by atoms with Crippen molar-refractivity contribution in [1.82, 2.24) is 4.90 Å². The molecule has 0 heterocycles. The zero-order valence-electron chi connectivity index (χ0n) is 10.4. The van der Waals surface area contributed by atoms with Crippen LogP contribution >= 0.6 is 23.8 Å². The third-order valence-electron chi connectivity index (χ3n) is 2.58. The zero-order valence-corrected chi connectivity index (χ0v) is 11.9. The number of nitrogens with zero attached hydrogens (tertiary/aromatic N) is 1. The first-order chi connectivity index (χ1) is 8.45. The van der Waals surface area contributed by atoms with Crippen LogP contribution in [0.25, 0.3) is 0 Å². The molecule has 0 aliphatic rings. The van der Waals surface area contributed by atoms with Gasteiger partial charge in [0, 0.05) is 29.9 Å². The molecule has 1 aromatic carbocycles. The SMILES string of the molecule is CCN(C)C(=O)CNc1ccc(Cl)cc1C(N)=S. The Hall–Kier alpha value is -1.33. The van der Waals surface area contributed by atoms with E-state index in [4.69, 9.17) is 29.6 Å². The minimum absolute atomic E-state index is 0.00124. The highest BCUT2D eigenvalue weighted by molar-refractivity contribution is 7.80. The van der Waals surface area contributed by atoms with Gasteiger partial charge in [0.2, 0.25) is 5.91 Å². The van der Waals surface area contributed by atoms with Gasteiger partial charge in [0.25, 0.3) is 0 Å². The lowest BCUT2D eigenvalue weighted by atomic mass is 10.1. The smallest absolute Gasteiger partial charge is 0.241 e. The summed E-state index contributed by atoms with van der Waals surface area (Å²) in [6, 6.07) is 5.16. The largest absolute Gasteiger partial charge is 0.389 e. The molecular weight excluding hydrogens is 270 g/mol. The van der Waals surface area contributed by atoms with E-state index in [1.54, 1.807) is 30.1 Å². The third-order valence-corrected chi connectivity index (χ3v) is 3.03. The number of anilines is 1. The second-order valence-corrected chi connectivity index (χ2v) is 4.69. The Bertz CT molecular complexity index is 465. The number of thiocarbonyl (C=S) groups is 1. The predicted octanol–water partition coefficient (Wildman–Crippen LogP) is 1.86. The van der Waals surface area contributed by atoms with E-state index in [9.17, 15) is 4.79 Å². The average molecular weight is 286 g/mol. The van der Waals surface area contributed by atoms with Crippen molar-refractivity contribution in [3.63, 3.8) is 0 Å². The van der Waals surface area contributed by atoms with Gasteiger partial charge < -0.3 is 16.0 Å². The van der Waals surface area contributed by atoms with Crippen LogP contribution in [0.5, 0.6) is 0 Å².